The lowest BCUT2D eigenvalue weighted by Gasteiger charge is -2.20. The van der Waals surface area contributed by atoms with Crippen molar-refractivity contribution in [3.63, 3.8) is 0 Å². The molecule has 0 saturated carbocycles. The standard InChI is InChI=1S/C13H19NO5/c1-8(15)14-7-6-10(16)12(17)9-4-3-5-11(19-2)13(9)18/h3-5,10,12,16-18H,6-7H2,1-2H3,(H,14,15). The number of nitrogens with one attached hydrogen (secondary N) is 1. The van der Waals surface area contributed by atoms with Gasteiger partial charge in [0.15, 0.2) is 11.5 Å². The molecule has 0 spiro atoms. The number of phenolic OH excluding ortho intramolecular Hbond substituents is 1. The Bertz CT molecular complexity index is 435. The average molecular weight is 269 g/mol. The third-order valence-electron chi connectivity index (χ3n) is 2.75. The number of methoxy groups -OCH3 is 1. The Balaban J connectivity index is 2.71. The predicted molar refractivity (Wildman–Crippen MR) is 68.9 cm³/mol. The molecule has 2 atom stereocenters. The summed E-state index contributed by atoms with van der Waals surface area (Å²) in [6.07, 6.45) is -2.16. The number of hydrogen-bond acceptors (Lipinski definition) is 5. The second-order valence-electron chi connectivity index (χ2n) is 4.18. The second kappa shape index (κ2) is 6.96. The van der Waals surface area contributed by atoms with E-state index in [1.54, 1.807) is 12.1 Å². The molecular weight excluding hydrogens is 250 g/mol. The van der Waals surface area contributed by atoms with Crippen LogP contribution in [0.1, 0.15) is 25.0 Å². The topological polar surface area (TPSA) is 99.0 Å². The van der Waals surface area contributed by atoms with Crippen molar-refractivity contribution in [2.45, 2.75) is 25.6 Å². The van der Waals surface area contributed by atoms with Crippen molar-refractivity contribution in [1.82, 2.24) is 5.32 Å². The van der Waals surface area contributed by atoms with Gasteiger partial charge in [-0.1, -0.05) is 12.1 Å². The van der Waals surface area contributed by atoms with Gasteiger partial charge in [0.05, 0.1) is 13.2 Å². The van der Waals surface area contributed by atoms with Crippen LogP contribution in [0, 0.1) is 0 Å². The van der Waals surface area contributed by atoms with Crippen LogP contribution in [-0.4, -0.2) is 41.0 Å². The molecule has 0 aliphatic carbocycles. The molecule has 1 rings (SSSR count). The summed E-state index contributed by atoms with van der Waals surface area (Å²) in [5, 5.41) is 32.2. The molecule has 1 amide bonds. The highest BCUT2D eigenvalue weighted by atomic mass is 16.5. The zero-order valence-corrected chi connectivity index (χ0v) is 11.0. The normalized spacial score (nSPS) is 13.7. The number of hydrogen-bond donors (Lipinski definition) is 4. The Morgan fingerprint density at radius 1 is 1.42 bits per heavy atom. The third-order valence-corrected chi connectivity index (χ3v) is 2.75. The molecule has 0 bridgehead atoms. The number of para-hydroxylation sites is 1. The van der Waals surface area contributed by atoms with E-state index in [1.807, 2.05) is 0 Å². The maximum Gasteiger partial charge on any atom is 0.216 e. The van der Waals surface area contributed by atoms with Crippen molar-refractivity contribution in [2.75, 3.05) is 13.7 Å². The van der Waals surface area contributed by atoms with Crippen molar-refractivity contribution in [3.05, 3.63) is 23.8 Å². The molecule has 0 aromatic heterocycles. The van der Waals surface area contributed by atoms with Crippen molar-refractivity contribution < 1.29 is 24.9 Å². The summed E-state index contributed by atoms with van der Waals surface area (Å²) in [7, 11) is 1.40. The molecule has 4 N–H and O–H groups in total. The zero-order valence-electron chi connectivity index (χ0n) is 11.0. The van der Waals surface area contributed by atoms with Crippen LogP contribution in [0.5, 0.6) is 11.5 Å². The molecule has 19 heavy (non-hydrogen) atoms. The summed E-state index contributed by atoms with van der Waals surface area (Å²) in [5.41, 5.74) is 0.190. The van der Waals surface area contributed by atoms with E-state index >= 15 is 0 Å². The summed E-state index contributed by atoms with van der Waals surface area (Å²) in [6, 6.07) is 4.66. The molecule has 0 aliphatic heterocycles. The lowest BCUT2D eigenvalue weighted by atomic mass is 10.0. The van der Waals surface area contributed by atoms with Crippen LogP contribution in [0.2, 0.25) is 0 Å². The average Bonchev–Trinajstić information content (AvgIpc) is 2.37. The highest BCUT2D eigenvalue weighted by Crippen LogP contribution is 2.34. The van der Waals surface area contributed by atoms with Crippen LogP contribution in [0.15, 0.2) is 18.2 Å². The SMILES string of the molecule is COc1cccc(C(O)C(O)CCNC(C)=O)c1O. The summed E-state index contributed by atoms with van der Waals surface area (Å²) in [4.78, 5) is 10.7. The molecule has 106 valence electrons. The molecular formula is C13H19NO5. The van der Waals surface area contributed by atoms with E-state index in [4.69, 9.17) is 4.74 Å². The number of carbonyl (C=O) groups excluding carboxylic acids is 1. The van der Waals surface area contributed by atoms with Gasteiger partial charge in [-0.05, 0) is 12.5 Å². The van der Waals surface area contributed by atoms with Crippen LogP contribution in [0.3, 0.4) is 0 Å². The summed E-state index contributed by atoms with van der Waals surface area (Å²) in [6.45, 7) is 1.62. The quantitative estimate of drug-likeness (QED) is 0.596. The minimum absolute atomic E-state index is 0.178. The lowest BCUT2D eigenvalue weighted by molar-refractivity contribution is -0.119. The van der Waals surface area contributed by atoms with E-state index in [1.165, 1.54) is 20.1 Å². The molecule has 6 nitrogen and oxygen atoms in total. The van der Waals surface area contributed by atoms with Gasteiger partial charge in [-0.3, -0.25) is 4.79 Å². The first-order valence-electron chi connectivity index (χ1n) is 5.93. The van der Waals surface area contributed by atoms with Gasteiger partial charge < -0.3 is 25.4 Å². The Morgan fingerprint density at radius 2 is 2.11 bits per heavy atom. The van der Waals surface area contributed by atoms with Gasteiger partial charge in [0.25, 0.3) is 0 Å². The fourth-order valence-corrected chi connectivity index (χ4v) is 1.70. The number of carbonyl (C=O) groups is 1. The van der Waals surface area contributed by atoms with Crippen LogP contribution < -0.4 is 10.1 Å². The minimum atomic E-state index is -1.25. The summed E-state index contributed by atoms with van der Waals surface area (Å²) < 4.78 is 4.93. The first kappa shape index (κ1) is 15.3. The third kappa shape index (κ3) is 4.11. The van der Waals surface area contributed by atoms with Crippen LogP contribution in [0.4, 0.5) is 0 Å². The molecule has 0 heterocycles. The maximum atomic E-state index is 10.7. The van der Waals surface area contributed by atoms with Gasteiger partial charge in [-0.2, -0.15) is 0 Å². The van der Waals surface area contributed by atoms with Crippen molar-refractivity contribution in [2.24, 2.45) is 0 Å². The molecule has 0 radical (unpaired) electrons. The molecule has 0 saturated heterocycles. The van der Waals surface area contributed by atoms with E-state index in [-0.39, 0.29) is 35.9 Å². The number of aliphatic hydroxyl groups excluding tert-OH is 2. The number of aliphatic hydroxyl groups is 2. The predicted octanol–water partition coefficient (Wildman–Crippen LogP) is 0.321. The number of rotatable bonds is 6. The van der Waals surface area contributed by atoms with Crippen LogP contribution >= 0.6 is 0 Å². The van der Waals surface area contributed by atoms with Gasteiger partial charge >= 0.3 is 0 Å². The van der Waals surface area contributed by atoms with Crippen LogP contribution in [0.25, 0.3) is 0 Å². The van der Waals surface area contributed by atoms with Crippen molar-refractivity contribution >= 4 is 5.91 Å². The Labute approximate surface area is 111 Å². The fourth-order valence-electron chi connectivity index (χ4n) is 1.70. The Morgan fingerprint density at radius 3 is 2.68 bits per heavy atom. The van der Waals surface area contributed by atoms with Crippen molar-refractivity contribution in [1.29, 1.82) is 0 Å². The minimum Gasteiger partial charge on any atom is -0.504 e. The Kier molecular flexibility index (Phi) is 5.59. The molecule has 0 fully saturated rings. The largest absolute Gasteiger partial charge is 0.504 e. The van der Waals surface area contributed by atoms with E-state index in [2.05, 4.69) is 5.32 Å². The van der Waals surface area contributed by atoms with Gasteiger partial charge in [0.2, 0.25) is 5.91 Å². The number of aromatic hydroxyl groups is 1. The number of ether oxygens (including phenoxy) is 1. The monoisotopic (exact) mass is 269 g/mol. The second-order valence-corrected chi connectivity index (χ2v) is 4.18. The number of phenols is 1. The first-order chi connectivity index (χ1) is 8.97. The van der Waals surface area contributed by atoms with Crippen molar-refractivity contribution in [3.8, 4) is 11.5 Å². The zero-order chi connectivity index (χ0) is 14.4. The Hall–Kier alpha value is -1.79. The summed E-state index contributed by atoms with van der Waals surface area (Å²) >= 11 is 0. The molecule has 2 unspecified atom stereocenters. The highest BCUT2D eigenvalue weighted by Gasteiger charge is 2.22. The first-order valence-corrected chi connectivity index (χ1v) is 5.93. The molecule has 1 aromatic rings. The van der Waals surface area contributed by atoms with Crippen LogP contribution in [-0.2, 0) is 4.79 Å². The molecule has 0 aliphatic rings. The number of benzene rings is 1. The smallest absolute Gasteiger partial charge is 0.216 e. The van der Waals surface area contributed by atoms with Gasteiger partial charge in [0, 0.05) is 19.0 Å². The maximum absolute atomic E-state index is 10.7. The van der Waals surface area contributed by atoms with E-state index in [0.29, 0.717) is 0 Å². The molecule has 6 heteroatoms. The van der Waals surface area contributed by atoms with E-state index in [0.717, 1.165) is 0 Å². The summed E-state index contributed by atoms with van der Waals surface area (Å²) in [5.74, 6) is -0.174. The fraction of sp³-hybridized carbons (Fsp3) is 0.462. The molecule has 1 aromatic carbocycles. The van der Waals surface area contributed by atoms with E-state index in [9.17, 15) is 20.1 Å². The highest BCUT2D eigenvalue weighted by molar-refractivity contribution is 5.72. The number of amides is 1. The van der Waals surface area contributed by atoms with Gasteiger partial charge in [-0.25, -0.2) is 0 Å². The van der Waals surface area contributed by atoms with Gasteiger partial charge in [0.1, 0.15) is 6.10 Å². The lowest BCUT2D eigenvalue weighted by Crippen LogP contribution is -2.27. The van der Waals surface area contributed by atoms with Gasteiger partial charge in [-0.15, -0.1) is 0 Å². The van der Waals surface area contributed by atoms with E-state index < -0.39 is 12.2 Å².